The molecule has 0 saturated heterocycles. The van der Waals surface area contributed by atoms with Gasteiger partial charge in [0.05, 0.1) is 13.0 Å². The summed E-state index contributed by atoms with van der Waals surface area (Å²) < 4.78 is 4.98. The van der Waals surface area contributed by atoms with Crippen molar-refractivity contribution in [3.63, 3.8) is 0 Å². The van der Waals surface area contributed by atoms with E-state index in [9.17, 15) is 9.59 Å². The second-order valence-electron chi connectivity index (χ2n) is 4.57. The fourth-order valence-corrected chi connectivity index (χ4v) is 1.79. The number of aliphatic carboxylic acids is 1. The highest BCUT2D eigenvalue weighted by Gasteiger charge is 2.33. The number of nitrogens with one attached hydrogen (secondary N) is 1. The summed E-state index contributed by atoms with van der Waals surface area (Å²) in [5.74, 6) is -0.892. The second kappa shape index (κ2) is 7.20. The molecule has 6 heteroatoms. The molecular formula is C12H22N2O4. The fraction of sp³-hybridized carbons (Fsp3) is 0.833. The van der Waals surface area contributed by atoms with Crippen LogP contribution in [0.1, 0.15) is 32.6 Å². The molecule has 0 radical (unpaired) electrons. The number of carbonyl (C=O) groups excluding carboxylic acids is 1. The molecule has 1 unspecified atom stereocenters. The van der Waals surface area contributed by atoms with Gasteiger partial charge in [0.2, 0.25) is 0 Å². The third-order valence-electron chi connectivity index (χ3n) is 3.03. The van der Waals surface area contributed by atoms with Crippen molar-refractivity contribution in [2.75, 3.05) is 20.3 Å². The predicted molar refractivity (Wildman–Crippen MR) is 66.5 cm³/mol. The minimum atomic E-state index is -0.892. The Hall–Kier alpha value is -1.30. The summed E-state index contributed by atoms with van der Waals surface area (Å²) >= 11 is 0. The number of carboxylic acids is 1. The minimum absolute atomic E-state index is 0.0367. The Balaban J connectivity index is 2.46. The van der Waals surface area contributed by atoms with Gasteiger partial charge in [0.1, 0.15) is 0 Å². The SMILES string of the molecule is CCC(CC(=O)O)NC(=O)N(CCOC)C1CC1. The van der Waals surface area contributed by atoms with Crippen molar-refractivity contribution in [2.24, 2.45) is 0 Å². The van der Waals surface area contributed by atoms with E-state index in [1.54, 1.807) is 12.0 Å². The van der Waals surface area contributed by atoms with Crippen molar-refractivity contribution in [3.8, 4) is 0 Å². The van der Waals surface area contributed by atoms with Gasteiger partial charge < -0.3 is 20.1 Å². The van der Waals surface area contributed by atoms with E-state index in [0.29, 0.717) is 25.6 Å². The number of nitrogens with zero attached hydrogens (tertiary/aromatic N) is 1. The largest absolute Gasteiger partial charge is 0.481 e. The Morgan fingerprint density at radius 2 is 2.17 bits per heavy atom. The van der Waals surface area contributed by atoms with Gasteiger partial charge in [0.15, 0.2) is 0 Å². The third-order valence-corrected chi connectivity index (χ3v) is 3.03. The summed E-state index contributed by atoms with van der Waals surface area (Å²) in [5.41, 5.74) is 0. The average Bonchev–Trinajstić information content (AvgIpc) is 3.12. The monoisotopic (exact) mass is 258 g/mol. The summed E-state index contributed by atoms with van der Waals surface area (Å²) in [5, 5.41) is 11.5. The van der Waals surface area contributed by atoms with Gasteiger partial charge in [-0.25, -0.2) is 4.79 Å². The molecule has 2 N–H and O–H groups in total. The maximum absolute atomic E-state index is 12.0. The zero-order valence-electron chi connectivity index (χ0n) is 11.0. The van der Waals surface area contributed by atoms with Crippen LogP contribution in [-0.2, 0) is 9.53 Å². The molecule has 0 aromatic heterocycles. The maximum atomic E-state index is 12.0. The Morgan fingerprint density at radius 3 is 2.61 bits per heavy atom. The zero-order valence-corrected chi connectivity index (χ0v) is 11.0. The molecule has 18 heavy (non-hydrogen) atoms. The molecule has 0 spiro atoms. The maximum Gasteiger partial charge on any atom is 0.317 e. The number of amides is 2. The number of rotatable bonds is 8. The van der Waals surface area contributed by atoms with Crippen LogP contribution < -0.4 is 5.32 Å². The molecule has 0 aliphatic heterocycles. The number of hydrogen-bond donors (Lipinski definition) is 2. The van der Waals surface area contributed by atoms with Crippen LogP contribution in [0.15, 0.2) is 0 Å². The first kappa shape index (κ1) is 14.8. The summed E-state index contributed by atoms with van der Waals surface area (Å²) in [6.07, 6.45) is 2.62. The third kappa shape index (κ3) is 4.91. The Morgan fingerprint density at radius 1 is 1.50 bits per heavy atom. The van der Waals surface area contributed by atoms with Crippen molar-refractivity contribution >= 4 is 12.0 Å². The summed E-state index contributed by atoms with van der Waals surface area (Å²) in [7, 11) is 1.60. The van der Waals surface area contributed by atoms with Gasteiger partial charge in [-0.2, -0.15) is 0 Å². The highest BCUT2D eigenvalue weighted by molar-refractivity contribution is 5.76. The summed E-state index contributed by atoms with van der Waals surface area (Å²) in [6, 6.07) is -0.191. The molecule has 1 fully saturated rings. The lowest BCUT2D eigenvalue weighted by molar-refractivity contribution is -0.137. The van der Waals surface area contributed by atoms with Crippen LogP contribution in [0.3, 0.4) is 0 Å². The molecule has 1 saturated carbocycles. The van der Waals surface area contributed by atoms with E-state index in [-0.39, 0.29) is 18.5 Å². The van der Waals surface area contributed by atoms with E-state index >= 15 is 0 Å². The standard InChI is InChI=1S/C12H22N2O4/c1-3-9(8-11(15)16)13-12(17)14(6-7-18-2)10-4-5-10/h9-10H,3-8H2,1-2H3,(H,13,17)(H,15,16). The molecule has 1 aliphatic rings. The lowest BCUT2D eigenvalue weighted by atomic mass is 10.1. The van der Waals surface area contributed by atoms with Crippen LogP contribution in [0.25, 0.3) is 0 Å². The molecule has 0 aromatic rings. The van der Waals surface area contributed by atoms with Gasteiger partial charge in [-0.3, -0.25) is 4.79 Å². The van der Waals surface area contributed by atoms with E-state index in [4.69, 9.17) is 9.84 Å². The molecule has 1 aliphatic carbocycles. The number of ether oxygens (including phenoxy) is 1. The van der Waals surface area contributed by atoms with Crippen LogP contribution >= 0.6 is 0 Å². The topological polar surface area (TPSA) is 78.9 Å². The van der Waals surface area contributed by atoms with Crippen molar-refractivity contribution in [2.45, 2.75) is 44.7 Å². The molecule has 1 rings (SSSR count). The quantitative estimate of drug-likeness (QED) is 0.682. The van der Waals surface area contributed by atoms with Crippen molar-refractivity contribution in [3.05, 3.63) is 0 Å². The van der Waals surface area contributed by atoms with Crippen LogP contribution in [-0.4, -0.2) is 54.4 Å². The normalized spacial score (nSPS) is 16.1. The van der Waals surface area contributed by atoms with Gasteiger partial charge in [-0.15, -0.1) is 0 Å². The highest BCUT2D eigenvalue weighted by Crippen LogP contribution is 2.26. The Labute approximate surface area is 107 Å². The Kier molecular flexibility index (Phi) is 5.91. The summed E-state index contributed by atoms with van der Waals surface area (Å²) in [6.45, 7) is 2.92. The van der Waals surface area contributed by atoms with E-state index in [2.05, 4.69) is 5.32 Å². The molecule has 0 heterocycles. The van der Waals surface area contributed by atoms with E-state index in [1.165, 1.54) is 0 Å². The number of hydrogen-bond acceptors (Lipinski definition) is 3. The molecule has 0 bridgehead atoms. The second-order valence-corrected chi connectivity index (χ2v) is 4.57. The Bertz CT molecular complexity index is 292. The number of methoxy groups -OCH3 is 1. The van der Waals surface area contributed by atoms with Crippen LogP contribution in [0.5, 0.6) is 0 Å². The first-order valence-electron chi connectivity index (χ1n) is 6.36. The highest BCUT2D eigenvalue weighted by atomic mass is 16.5. The molecule has 1 atom stereocenters. The van der Waals surface area contributed by atoms with Gasteiger partial charge in [-0.1, -0.05) is 6.92 Å². The van der Waals surface area contributed by atoms with Gasteiger partial charge in [0, 0.05) is 25.7 Å². The lowest BCUT2D eigenvalue weighted by Crippen LogP contribution is -2.47. The smallest absolute Gasteiger partial charge is 0.317 e. The first-order chi connectivity index (χ1) is 8.58. The zero-order chi connectivity index (χ0) is 13.5. The van der Waals surface area contributed by atoms with Gasteiger partial charge in [-0.05, 0) is 19.3 Å². The molecule has 6 nitrogen and oxygen atoms in total. The average molecular weight is 258 g/mol. The van der Waals surface area contributed by atoms with Gasteiger partial charge >= 0.3 is 12.0 Å². The van der Waals surface area contributed by atoms with Crippen molar-refractivity contribution in [1.82, 2.24) is 10.2 Å². The number of urea groups is 1. The van der Waals surface area contributed by atoms with Crippen LogP contribution in [0.4, 0.5) is 4.79 Å². The van der Waals surface area contributed by atoms with Crippen LogP contribution in [0, 0.1) is 0 Å². The van der Waals surface area contributed by atoms with Crippen molar-refractivity contribution in [1.29, 1.82) is 0 Å². The van der Waals surface area contributed by atoms with E-state index in [1.807, 2.05) is 6.92 Å². The minimum Gasteiger partial charge on any atom is -0.481 e. The van der Waals surface area contributed by atoms with Crippen molar-refractivity contribution < 1.29 is 19.4 Å². The molecule has 2 amide bonds. The van der Waals surface area contributed by atoms with E-state index in [0.717, 1.165) is 12.8 Å². The van der Waals surface area contributed by atoms with Gasteiger partial charge in [0.25, 0.3) is 0 Å². The predicted octanol–water partition coefficient (Wildman–Crippen LogP) is 1.06. The molecule has 104 valence electrons. The summed E-state index contributed by atoms with van der Waals surface area (Å²) in [4.78, 5) is 24.4. The number of carboxylic acid groups (broad SMARTS) is 1. The fourth-order valence-electron chi connectivity index (χ4n) is 1.79. The van der Waals surface area contributed by atoms with E-state index < -0.39 is 5.97 Å². The number of carbonyl (C=O) groups is 2. The molecular weight excluding hydrogens is 236 g/mol. The first-order valence-corrected chi connectivity index (χ1v) is 6.36. The molecule has 0 aromatic carbocycles. The lowest BCUT2D eigenvalue weighted by Gasteiger charge is -2.25. The van der Waals surface area contributed by atoms with Crippen LogP contribution in [0.2, 0.25) is 0 Å².